The second-order valence-electron chi connectivity index (χ2n) is 6.01. The minimum Gasteiger partial charge on any atom is -0.493 e. The number of carbonyl (C=O) groups is 2. The third kappa shape index (κ3) is 5.41. The number of nitrogens with zero attached hydrogens (tertiary/aromatic N) is 1. The van der Waals surface area contributed by atoms with Crippen LogP contribution in [0.5, 0.6) is 5.75 Å². The van der Waals surface area contributed by atoms with Gasteiger partial charge in [-0.15, -0.1) is 0 Å². The topological polar surface area (TPSA) is 99.2 Å². The number of Topliss-reactive ketones (excluding diaryl/α,β-unsaturated/α-hetero) is 1. The first-order valence-electron chi connectivity index (χ1n) is 8.77. The van der Waals surface area contributed by atoms with Crippen molar-refractivity contribution in [2.24, 2.45) is 0 Å². The summed E-state index contributed by atoms with van der Waals surface area (Å²) in [4.78, 5) is 28.7. The molecule has 8 nitrogen and oxygen atoms in total. The molecule has 0 aliphatic rings. The van der Waals surface area contributed by atoms with Crippen molar-refractivity contribution in [2.45, 2.75) is 25.3 Å². The van der Waals surface area contributed by atoms with E-state index in [-0.39, 0.29) is 22.8 Å². The molecule has 0 saturated carbocycles. The number of esters is 1. The van der Waals surface area contributed by atoms with E-state index in [1.165, 1.54) is 45.3 Å². The van der Waals surface area contributed by atoms with E-state index in [0.29, 0.717) is 28.0 Å². The van der Waals surface area contributed by atoms with E-state index in [1.54, 1.807) is 18.2 Å². The van der Waals surface area contributed by atoms with E-state index >= 15 is 0 Å². The van der Waals surface area contributed by atoms with E-state index in [4.69, 9.17) is 14.3 Å². The lowest BCUT2D eigenvalue weighted by atomic mass is 10.1. The fraction of sp³-hybridized carbons (Fsp3) is 0.300. The van der Waals surface area contributed by atoms with Gasteiger partial charge in [-0.2, -0.15) is 0 Å². The molecule has 156 valence electrons. The Bertz CT molecular complexity index is 1000. The molecule has 0 aliphatic heterocycles. The lowest BCUT2D eigenvalue weighted by Gasteiger charge is -2.15. The van der Waals surface area contributed by atoms with Gasteiger partial charge in [0.2, 0.25) is 0 Å². The highest BCUT2D eigenvalue weighted by Crippen LogP contribution is 2.23. The second-order valence-corrected chi connectivity index (χ2v) is 7.95. The molecule has 0 radical (unpaired) electrons. The fourth-order valence-corrected chi connectivity index (χ4v) is 3.48. The third-order valence-corrected chi connectivity index (χ3v) is 5.76. The minimum absolute atomic E-state index is 0.0660. The molecule has 0 bridgehead atoms. The molecule has 0 atom stereocenters. The van der Waals surface area contributed by atoms with Gasteiger partial charge < -0.3 is 9.47 Å². The monoisotopic (exact) mass is 421 g/mol. The number of rotatable bonds is 9. The zero-order chi connectivity index (χ0) is 21.6. The summed E-state index contributed by atoms with van der Waals surface area (Å²) in [6.45, 7) is 3.53. The minimum atomic E-state index is -3.90. The average molecular weight is 421 g/mol. The molecule has 2 aromatic carbocycles. The summed E-state index contributed by atoms with van der Waals surface area (Å²) >= 11 is 0. The highest BCUT2D eigenvalue weighted by molar-refractivity contribution is 7.89. The molecule has 0 saturated heterocycles. The van der Waals surface area contributed by atoms with Crippen molar-refractivity contribution in [3.05, 3.63) is 59.2 Å². The average Bonchev–Trinajstić information content (AvgIpc) is 2.72. The van der Waals surface area contributed by atoms with E-state index < -0.39 is 16.0 Å². The van der Waals surface area contributed by atoms with Crippen LogP contribution in [0.4, 0.5) is 0 Å². The molecular weight excluding hydrogens is 398 g/mol. The van der Waals surface area contributed by atoms with Crippen molar-refractivity contribution >= 4 is 21.8 Å². The molecule has 0 aromatic heterocycles. The van der Waals surface area contributed by atoms with E-state index in [9.17, 15) is 18.0 Å². The summed E-state index contributed by atoms with van der Waals surface area (Å²) in [5, 5.41) is 0. The first kappa shape index (κ1) is 22.5. The fourth-order valence-electron chi connectivity index (χ4n) is 2.46. The normalized spacial score (nSPS) is 11.3. The Morgan fingerprint density at radius 1 is 1.07 bits per heavy atom. The Labute approximate surface area is 170 Å². The number of sulfonamides is 1. The molecule has 0 amide bonds. The van der Waals surface area contributed by atoms with Crippen molar-refractivity contribution in [3.63, 3.8) is 0 Å². The van der Waals surface area contributed by atoms with Gasteiger partial charge in [-0.1, -0.05) is 10.5 Å². The van der Waals surface area contributed by atoms with Gasteiger partial charge in [0.25, 0.3) is 10.0 Å². The third-order valence-electron chi connectivity index (χ3n) is 4.09. The van der Waals surface area contributed by atoms with Crippen LogP contribution < -0.4 is 4.74 Å². The quantitative estimate of drug-likeness (QED) is 0.349. The van der Waals surface area contributed by atoms with Gasteiger partial charge in [0.05, 0.1) is 24.2 Å². The van der Waals surface area contributed by atoms with Crippen molar-refractivity contribution in [3.8, 4) is 5.75 Å². The molecule has 0 heterocycles. The van der Waals surface area contributed by atoms with Gasteiger partial charge in [0, 0.05) is 18.2 Å². The van der Waals surface area contributed by atoms with E-state index in [1.807, 2.05) is 6.92 Å². The smallest absolute Gasteiger partial charge is 0.338 e. The van der Waals surface area contributed by atoms with Crippen molar-refractivity contribution in [2.75, 3.05) is 20.8 Å². The molecule has 2 aromatic rings. The molecule has 9 heteroatoms. The summed E-state index contributed by atoms with van der Waals surface area (Å²) < 4.78 is 36.2. The van der Waals surface area contributed by atoms with Crippen LogP contribution in [0.1, 0.15) is 40.1 Å². The van der Waals surface area contributed by atoms with E-state index in [2.05, 4.69) is 0 Å². The molecule has 0 fully saturated rings. The molecule has 2 rings (SSSR count). The first-order valence-corrected chi connectivity index (χ1v) is 10.2. The number of ether oxygens (including phenoxy) is 2. The van der Waals surface area contributed by atoms with Crippen LogP contribution in [0.3, 0.4) is 0 Å². The molecule has 0 spiro atoms. The van der Waals surface area contributed by atoms with Crippen LogP contribution in [0.2, 0.25) is 0 Å². The molecular formula is C20H23NO7S. The maximum absolute atomic E-state index is 12.5. The van der Waals surface area contributed by atoms with Gasteiger partial charge in [0.1, 0.15) is 12.4 Å². The number of ketones is 1. The SMILES string of the molecule is CCOc1ccc(C(C)=O)cc1COC(=O)c1cccc(S(=O)(=O)N(C)OC)c1. The zero-order valence-corrected chi connectivity index (χ0v) is 17.5. The van der Waals surface area contributed by atoms with Gasteiger partial charge >= 0.3 is 5.97 Å². The predicted octanol–water partition coefficient (Wildman–Crippen LogP) is 2.83. The van der Waals surface area contributed by atoms with Gasteiger partial charge in [-0.25, -0.2) is 13.2 Å². The molecule has 0 unspecified atom stereocenters. The first-order chi connectivity index (χ1) is 13.7. The maximum atomic E-state index is 12.5. The number of hydroxylamine groups is 1. The molecule has 0 aliphatic carbocycles. The number of hydrogen-bond donors (Lipinski definition) is 0. The largest absolute Gasteiger partial charge is 0.493 e. The lowest BCUT2D eigenvalue weighted by molar-refractivity contribution is -0.0258. The van der Waals surface area contributed by atoms with Crippen molar-refractivity contribution in [1.29, 1.82) is 0 Å². The Balaban J connectivity index is 2.23. The number of hydrogen-bond acceptors (Lipinski definition) is 7. The highest BCUT2D eigenvalue weighted by Gasteiger charge is 2.22. The van der Waals surface area contributed by atoms with Crippen LogP contribution >= 0.6 is 0 Å². The molecule has 0 N–H and O–H groups in total. The lowest BCUT2D eigenvalue weighted by Crippen LogP contribution is -2.25. The Morgan fingerprint density at radius 3 is 2.41 bits per heavy atom. The Kier molecular flexibility index (Phi) is 7.49. The van der Waals surface area contributed by atoms with Gasteiger partial charge in [-0.3, -0.25) is 9.63 Å². The second kappa shape index (κ2) is 9.64. The van der Waals surface area contributed by atoms with Gasteiger partial charge in [-0.05, 0) is 50.2 Å². The van der Waals surface area contributed by atoms with Crippen LogP contribution in [-0.2, 0) is 26.2 Å². The summed E-state index contributed by atoms with van der Waals surface area (Å²) in [5.41, 5.74) is 1.07. The van der Waals surface area contributed by atoms with Crippen LogP contribution in [0.15, 0.2) is 47.4 Å². The summed E-state index contributed by atoms with van der Waals surface area (Å²) in [5.74, 6) is -0.332. The number of carbonyl (C=O) groups excluding carboxylic acids is 2. The predicted molar refractivity (Wildman–Crippen MR) is 105 cm³/mol. The van der Waals surface area contributed by atoms with Crippen molar-refractivity contribution < 1.29 is 32.3 Å². The number of benzene rings is 2. The van der Waals surface area contributed by atoms with Gasteiger partial charge in [0.15, 0.2) is 5.78 Å². The Hall–Kier alpha value is -2.75. The highest BCUT2D eigenvalue weighted by atomic mass is 32.2. The maximum Gasteiger partial charge on any atom is 0.338 e. The Morgan fingerprint density at radius 2 is 1.79 bits per heavy atom. The molecule has 29 heavy (non-hydrogen) atoms. The van der Waals surface area contributed by atoms with E-state index in [0.717, 1.165) is 0 Å². The van der Waals surface area contributed by atoms with Crippen LogP contribution in [-0.4, -0.2) is 45.4 Å². The van der Waals surface area contributed by atoms with Crippen LogP contribution in [0, 0.1) is 0 Å². The standard InChI is InChI=1S/C20H23NO7S/c1-5-27-19-10-9-15(14(2)22)11-17(19)13-28-20(23)16-7-6-8-18(12-16)29(24,25)21(3)26-4/h6-12H,5,13H2,1-4H3. The van der Waals surface area contributed by atoms with Crippen LogP contribution in [0.25, 0.3) is 0 Å². The zero-order valence-electron chi connectivity index (χ0n) is 16.7. The summed E-state index contributed by atoms with van der Waals surface area (Å²) in [6, 6.07) is 10.3. The summed E-state index contributed by atoms with van der Waals surface area (Å²) in [6.07, 6.45) is 0. The van der Waals surface area contributed by atoms with Crippen molar-refractivity contribution in [1.82, 2.24) is 4.47 Å². The summed E-state index contributed by atoms with van der Waals surface area (Å²) in [7, 11) is -1.42.